The van der Waals surface area contributed by atoms with Gasteiger partial charge >= 0.3 is 12.2 Å². The molecule has 0 bridgehead atoms. The van der Waals surface area contributed by atoms with Crippen molar-refractivity contribution >= 4 is 35.4 Å². The quantitative estimate of drug-likeness (QED) is 0.127. The number of rotatable bonds is 14. The Kier molecular flexibility index (Phi) is 13.2. The van der Waals surface area contributed by atoms with Crippen molar-refractivity contribution in [2.75, 3.05) is 26.4 Å². The molecule has 0 fully saturated rings. The van der Waals surface area contributed by atoms with E-state index in [-0.39, 0.29) is 19.1 Å². The first-order valence-corrected chi connectivity index (χ1v) is 16.9. The first-order chi connectivity index (χ1) is 23.3. The van der Waals surface area contributed by atoms with Crippen LogP contribution in [-0.4, -0.2) is 44.2 Å². The molecule has 0 saturated carbocycles. The fraction of sp³-hybridized carbons (Fsp3) is 0.333. The normalized spacial score (nSPS) is 11.8. The van der Waals surface area contributed by atoms with E-state index in [1.165, 1.54) is 0 Å². The molecule has 0 aliphatic carbocycles. The molecule has 10 heteroatoms. The number of carbonyl (C=O) groups excluding carboxylic acids is 2. The van der Waals surface area contributed by atoms with E-state index in [1.807, 2.05) is 70.2 Å². The van der Waals surface area contributed by atoms with Gasteiger partial charge in [-0.05, 0) is 104 Å². The molecule has 0 saturated heterocycles. The van der Waals surface area contributed by atoms with Gasteiger partial charge in [-0.2, -0.15) is 0 Å². The zero-order chi connectivity index (χ0) is 35.6. The van der Waals surface area contributed by atoms with Crippen LogP contribution in [0.15, 0.2) is 78.9 Å². The van der Waals surface area contributed by atoms with E-state index < -0.39 is 17.8 Å². The fourth-order valence-electron chi connectivity index (χ4n) is 5.53. The molecule has 0 heterocycles. The first kappa shape index (κ1) is 37.4. The molecule has 3 N–H and O–H groups in total. The van der Waals surface area contributed by atoms with Crippen molar-refractivity contribution in [3.63, 3.8) is 0 Å². The number of carbonyl (C=O) groups is 2. The van der Waals surface area contributed by atoms with Gasteiger partial charge in [0.15, 0.2) is 5.75 Å². The minimum absolute atomic E-state index is 0.0371. The average molecular weight is 708 g/mol. The highest BCUT2D eigenvalue weighted by Crippen LogP contribution is 2.34. The fourth-order valence-corrected chi connectivity index (χ4v) is 6.23. The lowest BCUT2D eigenvalue weighted by atomic mass is 9.86. The standard InChI is InChI=1S/C39H44Cl2N2O6/c1-25-20-34(40)36(35(41)21-25)47-19-18-46-31-13-10-27(11-14-31)23-30(24-43-38(45)49-39(3,4)5)32-15-12-29(22-26(32)2)33-9-7-6-8-28(33)16-17-48-37(42)44/h6-15,20-22,30H,16-19,23-24H2,1-5H3,(H2,42,44)(H,43,45). The third-order valence-electron chi connectivity index (χ3n) is 7.69. The SMILES string of the molecule is Cc1cc(Cl)c(OCCOc2ccc(CC(CNC(=O)OC(C)(C)C)c3ccc(-c4ccccc4CCOC(N)=O)cc3C)cc2)c(Cl)c1. The minimum Gasteiger partial charge on any atom is -0.490 e. The van der Waals surface area contributed by atoms with Gasteiger partial charge in [0, 0.05) is 18.9 Å². The minimum atomic E-state index is -0.786. The van der Waals surface area contributed by atoms with Crippen LogP contribution in [0.25, 0.3) is 11.1 Å². The summed E-state index contributed by atoms with van der Waals surface area (Å²) in [5, 5.41) is 3.90. The van der Waals surface area contributed by atoms with Crippen molar-refractivity contribution in [3.8, 4) is 22.6 Å². The number of benzene rings is 4. The molecule has 260 valence electrons. The number of hydrogen-bond donors (Lipinski definition) is 2. The Bertz CT molecular complexity index is 1710. The molecule has 0 aromatic heterocycles. The van der Waals surface area contributed by atoms with Crippen LogP contribution >= 0.6 is 23.2 Å². The Hall–Kier alpha value is -4.40. The molecule has 8 nitrogen and oxygen atoms in total. The van der Waals surface area contributed by atoms with Crippen molar-refractivity contribution in [1.29, 1.82) is 0 Å². The summed E-state index contributed by atoms with van der Waals surface area (Å²) in [5.74, 6) is 1.11. The predicted octanol–water partition coefficient (Wildman–Crippen LogP) is 9.22. The largest absolute Gasteiger partial charge is 0.490 e. The molecule has 1 unspecified atom stereocenters. The third-order valence-corrected chi connectivity index (χ3v) is 8.25. The molecule has 4 aromatic rings. The summed E-state index contributed by atoms with van der Waals surface area (Å²) >= 11 is 12.6. The van der Waals surface area contributed by atoms with Crippen LogP contribution in [0.4, 0.5) is 9.59 Å². The lowest BCUT2D eigenvalue weighted by Gasteiger charge is -2.24. The van der Waals surface area contributed by atoms with Gasteiger partial charge in [-0.25, -0.2) is 9.59 Å². The van der Waals surface area contributed by atoms with Crippen LogP contribution in [0.3, 0.4) is 0 Å². The summed E-state index contributed by atoms with van der Waals surface area (Å²) < 4.78 is 22.2. The van der Waals surface area contributed by atoms with Crippen molar-refractivity contribution in [1.82, 2.24) is 5.32 Å². The highest BCUT2D eigenvalue weighted by atomic mass is 35.5. The monoisotopic (exact) mass is 706 g/mol. The third kappa shape index (κ3) is 11.6. The average Bonchev–Trinajstić information content (AvgIpc) is 3.02. The number of amides is 2. The van der Waals surface area contributed by atoms with Gasteiger partial charge in [-0.1, -0.05) is 77.8 Å². The number of alkyl carbamates (subject to hydrolysis) is 1. The highest BCUT2D eigenvalue weighted by molar-refractivity contribution is 6.37. The Morgan fingerprint density at radius 3 is 2.18 bits per heavy atom. The molecule has 49 heavy (non-hydrogen) atoms. The summed E-state index contributed by atoms with van der Waals surface area (Å²) in [6.07, 6.45) is -0.0287. The van der Waals surface area contributed by atoms with Gasteiger partial charge in [0.1, 0.15) is 24.6 Å². The molecular formula is C39H44Cl2N2O6. The molecule has 4 rings (SSSR count). The molecule has 0 aliphatic heterocycles. The second-order valence-electron chi connectivity index (χ2n) is 12.8. The van der Waals surface area contributed by atoms with Crippen LogP contribution < -0.4 is 20.5 Å². The molecule has 0 spiro atoms. The van der Waals surface area contributed by atoms with Crippen molar-refractivity contribution < 1.29 is 28.5 Å². The van der Waals surface area contributed by atoms with Crippen molar-refractivity contribution in [2.45, 2.75) is 59.0 Å². The maximum absolute atomic E-state index is 12.6. The van der Waals surface area contributed by atoms with Crippen LogP contribution in [0, 0.1) is 13.8 Å². The molecule has 0 aliphatic rings. The Labute approximate surface area is 298 Å². The van der Waals surface area contributed by atoms with E-state index in [9.17, 15) is 9.59 Å². The van der Waals surface area contributed by atoms with E-state index in [0.717, 1.165) is 38.9 Å². The summed E-state index contributed by atoms with van der Waals surface area (Å²) in [6.45, 7) is 10.7. The smallest absolute Gasteiger partial charge is 0.407 e. The van der Waals surface area contributed by atoms with Crippen LogP contribution in [0.1, 0.15) is 54.5 Å². The van der Waals surface area contributed by atoms with Gasteiger partial charge in [-0.15, -0.1) is 0 Å². The molecular weight excluding hydrogens is 663 g/mol. The van der Waals surface area contributed by atoms with E-state index in [2.05, 4.69) is 36.5 Å². The van der Waals surface area contributed by atoms with Crippen LogP contribution in [0.2, 0.25) is 10.0 Å². The number of nitrogens with one attached hydrogen (secondary N) is 1. The van der Waals surface area contributed by atoms with Crippen LogP contribution in [0.5, 0.6) is 11.5 Å². The second-order valence-corrected chi connectivity index (χ2v) is 13.6. The highest BCUT2D eigenvalue weighted by Gasteiger charge is 2.21. The maximum Gasteiger partial charge on any atom is 0.407 e. The lowest BCUT2D eigenvalue weighted by Crippen LogP contribution is -2.35. The van der Waals surface area contributed by atoms with Gasteiger partial charge in [0.05, 0.1) is 16.7 Å². The number of halogens is 2. The Morgan fingerprint density at radius 1 is 0.857 bits per heavy atom. The first-order valence-electron chi connectivity index (χ1n) is 16.2. The van der Waals surface area contributed by atoms with E-state index in [1.54, 1.807) is 12.1 Å². The van der Waals surface area contributed by atoms with Gasteiger partial charge < -0.3 is 30.0 Å². The number of aryl methyl sites for hydroxylation is 2. The summed E-state index contributed by atoms with van der Waals surface area (Å²) in [4.78, 5) is 23.7. The zero-order valence-corrected chi connectivity index (χ0v) is 30.1. The molecule has 0 radical (unpaired) electrons. The van der Waals surface area contributed by atoms with Gasteiger partial charge in [0.2, 0.25) is 0 Å². The maximum atomic E-state index is 12.6. The number of ether oxygens (including phenoxy) is 4. The lowest BCUT2D eigenvalue weighted by molar-refractivity contribution is 0.0524. The predicted molar refractivity (Wildman–Crippen MR) is 195 cm³/mol. The molecule has 4 aromatic carbocycles. The molecule has 1 atom stereocenters. The summed E-state index contributed by atoms with van der Waals surface area (Å²) in [7, 11) is 0. The molecule has 2 amide bonds. The Balaban J connectivity index is 1.46. The summed E-state index contributed by atoms with van der Waals surface area (Å²) in [6, 6.07) is 25.9. The second kappa shape index (κ2) is 17.3. The van der Waals surface area contributed by atoms with Crippen molar-refractivity contribution in [3.05, 3.63) is 117 Å². The number of primary amides is 1. The van der Waals surface area contributed by atoms with Crippen molar-refractivity contribution in [2.24, 2.45) is 5.73 Å². The number of hydrogen-bond acceptors (Lipinski definition) is 6. The number of nitrogens with two attached hydrogens (primary N) is 1. The van der Waals surface area contributed by atoms with E-state index in [0.29, 0.717) is 47.5 Å². The van der Waals surface area contributed by atoms with E-state index >= 15 is 0 Å². The Morgan fingerprint density at radius 2 is 1.53 bits per heavy atom. The van der Waals surface area contributed by atoms with Crippen LogP contribution in [-0.2, 0) is 22.3 Å². The van der Waals surface area contributed by atoms with Gasteiger partial charge in [-0.3, -0.25) is 0 Å². The topological polar surface area (TPSA) is 109 Å². The summed E-state index contributed by atoms with van der Waals surface area (Å²) in [5.41, 5.74) is 11.9. The van der Waals surface area contributed by atoms with Gasteiger partial charge in [0.25, 0.3) is 0 Å². The zero-order valence-electron chi connectivity index (χ0n) is 28.6. The van der Waals surface area contributed by atoms with E-state index in [4.69, 9.17) is 47.9 Å².